The average Bonchev–Trinajstić information content (AvgIpc) is 2.24. The van der Waals surface area contributed by atoms with Crippen LogP contribution in [0.3, 0.4) is 0 Å². The van der Waals surface area contributed by atoms with E-state index in [2.05, 4.69) is 21.2 Å². The maximum atomic E-state index is 13.0. The molecule has 0 heterocycles. The third-order valence-electron chi connectivity index (χ3n) is 2.28. The normalized spacial score (nSPS) is 10.4. The SMILES string of the molecule is CNCCCC(=O)Cc1cc(F)ccc1Br. The molecule has 88 valence electrons. The van der Waals surface area contributed by atoms with Crippen molar-refractivity contribution in [2.45, 2.75) is 19.3 Å². The summed E-state index contributed by atoms with van der Waals surface area (Å²) in [5.41, 5.74) is 0.717. The van der Waals surface area contributed by atoms with E-state index in [9.17, 15) is 9.18 Å². The van der Waals surface area contributed by atoms with Crippen molar-refractivity contribution in [2.24, 2.45) is 0 Å². The Morgan fingerprint density at radius 3 is 2.94 bits per heavy atom. The van der Waals surface area contributed by atoms with Crippen LogP contribution in [0.25, 0.3) is 0 Å². The number of benzene rings is 1. The summed E-state index contributed by atoms with van der Waals surface area (Å²) in [7, 11) is 1.85. The Kier molecular flexibility index (Phi) is 5.63. The summed E-state index contributed by atoms with van der Waals surface area (Å²) in [5, 5.41) is 2.99. The average molecular weight is 288 g/mol. The van der Waals surface area contributed by atoms with Gasteiger partial charge in [0, 0.05) is 17.3 Å². The zero-order chi connectivity index (χ0) is 12.0. The van der Waals surface area contributed by atoms with Crippen molar-refractivity contribution in [3.63, 3.8) is 0 Å². The van der Waals surface area contributed by atoms with Crippen molar-refractivity contribution >= 4 is 21.7 Å². The number of halogens is 2. The fourth-order valence-corrected chi connectivity index (χ4v) is 1.83. The Hall–Kier alpha value is -0.740. The third-order valence-corrected chi connectivity index (χ3v) is 3.05. The van der Waals surface area contributed by atoms with Gasteiger partial charge in [0.2, 0.25) is 0 Å². The van der Waals surface area contributed by atoms with Crippen LogP contribution in [0, 0.1) is 5.82 Å². The predicted octanol–water partition coefficient (Wildman–Crippen LogP) is 2.70. The van der Waals surface area contributed by atoms with Crippen LogP contribution in [0.5, 0.6) is 0 Å². The van der Waals surface area contributed by atoms with Crippen molar-refractivity contribution in [1.29, 1.82) is 0 Å². The molecule has 0 radical (unpaired) electrons. The maximum absolute atomic E-state index is 13.0. The van der Waals surface area contributed by atoms with Crippen molar-refractivity contribution in [3.05, 3.63) is 34.1 Å². The van der Waals surface area contributed by atoms with Crippen LogP contribution in [0.15, 0.2) is 22.7 Å². The molecule has 0 spiro atoms. The molecule has 16 heavy (non-hydrogen) atoms. The highest BCUT2D eigenvalue weighted by Crippen LogP contribution is 2.19. The molecule has 0 aliphatic rings. The van der Waals surface area contributed by atoms with Crippen molar-refractivity contribution in [3.8, 4) is 0 Å². The molecule has 0 aliphatic carbocycles. The number of carbonyl (C=O) groups excluding carboxylic acids is 1. The van der Waals surface area contributed by atoms with E-state index in [1.807, 2.05) is 7.05 Å². The van der Waals surface area contributed by atoms with Gasteiger partial charge in [-0.15, -0.1) is 0 Å². The van der Waals surface area contributed by atoms with Crippen LogP contribution >= 0.6 is 15.9 Å². The third kappa shape index (κ3) is 4.41. The van der Waals surface area contributed by atoms with E-state index < -0.39 is 0 Å². The van der Waals surface area contributed by atoms with E-state index in [1.165, 1.54) is 12.1 Å². The molecular weight excluding hydrogens is 273 g/mol. The Balaban J connectivity index is 2.52. The lowest BCUT2D eigenvalue weighted by Gasteiger charge is -2.04. The summed E-state index contributed by atoms with van der Waals surface area (Å²) in [4.78, 5) is 11.6. The number of rotatable bonds is 6. The van der Waals surface area contributed by atoms with Gasteiger partial charge in [-0.05, 0) is 43.8 Å². The van der Waals surface area contributed by atoms with E-state index in [-0.39, 0.29) is 11.6 Å². The lowest BCUT2D eigenvalue weighted by molar-refractivity contribution is -0.118. The zero-order valence-corrected chi connectivity index (χ0v) is 10.8. The first-order valence-corrected chi connectivity index (χ1v) is 6.03. The van der Waals surface area contributed by atoms with Crippen LogP contribution in [0.1, 0.15) is 18.4 Å². The Labute approximate surface area is 103 Å². The summed E-state index contributed by atoms with van der Waals surface area (Å²) in [6.07, 6.45) is 1.65. The molecule has 0 saturated carbocycles. The van der Waals surface area contributed by atoms with E-state index >= 15 is 0 Å². The Morgan fingerprint density at radius 2 is 2.25 bits per heavy atom. The van der Waals surface area contributed by atoms with Crippen LogP contribution in [-0.2, 0) is 11.2 Å². The van der Waals surface area contributed by atoms with Gasteiger partial charge in [0.25, 0.3) is 0 Å². The predicted molar refractivity (Wildman–Crippen MR) is 66.0 cm³/mol. The molecule has 1 aromatic rings. The molecule has 0 aromatic heterocycles. The number of carbonyl (C=O) groups is 1. The summed E-state index contributed by atoms with van der Waals surface area (Å²) < 4.78 is 13.7. The van der Waals surface area contributed by atoms with Gasteiger partial charge in [-0.3, -0.25) is 4.79 Å². The molecule has 1 N–H and O–H groups in total. The van der Waals surface area contributed by atoms with E-state index in [0.717, 1.165) is 23.0 Å². The molecular formula is C12H15BrFNO. The fourth-order valence-electron chi connectivity index (χ4n) is 1.44. The Bertz CT molecular complexity index is 368. The van der Waals surface area contributed by atoms with Gasteiger partial charge in [-0.1, -0.05) is 15.9 Å². The first-order valence-electron chi connectivity index (χ1n) is 5.23. The van der Waals surface area contributed by atoms with Crippen LogP contribution in [-0.4, -0.2) is 19.4 Å². The number of nitrogens with one attached hydrogen (secondary N) is 1. The molecule has 0 atom stereocenters. The van der Waals surface area contributed by atoms with E-state index in [0.29, 0.717) is 12.8 Å². The molecule has 0 bridgehead atoms. The standard InChI is InChI=1S/C12H15BrFNO/c1-15-6-2-3-11(16)8-9-7-10(14)4-5-12(9)13/h4-5,7,15H,2-3,6,8H2,1H3. The maximum Gasteiger partial charge on any atom is 0.137 e. The number of hydrogen-bond donors (Lipinski definition) is 1. The summed E-state index contributed by atoms with van der Waals surface area (Å²) in [6, 6.07) is 4.41. The summed E-state index contributed by atoms with van der Waals surface area (Å²) in [5.74, 6) is -0.164. The first-order chi connectivity index (χ1) is 7.63. The number of Topliss-reactive ketones (excluding diaryl/α,β-unsaturated/α-hetero) is 1. The molecule has 0 unspecified atom stereocenters. The van der Waals surface area contributed by atoms with Gasteiger partial charge in [0.05, 0.1) is 0 Å². The van der Waals surface area contributed by atoms with Crippen molar-refractivity contribution < 1.29 is 9.18 Å². The fraction of sp³-hybridized carbons (Fsp3) is 0.417. The molecule has 0 amide bonds. The Morgan fingerprint density at radius 1 is 1.50 bits per heavy atom. The highest BCUT2D eigenvalue weighted by atomic mass is 79.9. The molecule has 0 saturated heterocycles. The van der Waals surface area contributed by atoms with E-state index in [1.54, 1.807) is 6.07 Å². The van der Waals surface area contributed by atoms with E-state index in [4.69, 9.17) is 0 Å². The minimum Gasteiger partial charge on any atom is -0.320 e. The van der Waals surface area contributed by atoms with Crippen LogP contribution in [0.2, 0.25) is 0 Å². The molecule has 2 nitrogen and oxygen atoms in total. The second kappa shape index (κ2) is 6.76. The largest absolute Gasteiger partial charge is 0.320 e. The summed E-state index contributed by atoms with van der Waals surface area (Å²) >= 11 is 3.31. The molecule has 0 aliphatic heterocycles. The van der Waals surface area contributed by atoms with Crippen LogP contribution in [0.4, 0.5) is 4.39 Å². The van der Waals surface area contributed by atoms with Gasteiger partial charge >= 0.3 is 0 Å². The minimum atomic E-state index is -0.304. The lowest BCUT2D eigenvalue weighted by atomic mass is 10.1. The van der Waals surface area contributed by atoms with Gasteiger partial charge in [-0.25, -0.2) is 4.39 Å². The van der Waals surface area contributed by atoms with Gasteiger partial charge < -0.3 is 5.32 Å². The minimum absolute atomic E-state index is 0.140. The lowest BCUT2D eigenvalue weighted by Crippen LogP contribution is -2.11. The monoisotopic (exact) mass is 287 g/mol. The molecule has 1 rings (SSSR count). The quantitative estimate of drug-likeness (QED) is 0.815. The smallest absolute Gasteiger partial charge is 0.137 e. The van der Waals surface area contributed by atoms with Gasteiger partial charge in [-0.2, -0.15) is 0 Å². The first kappa shape index (κ1) is 13.3. The molecule has 4 heteroatoms. The van der Waals surface area contributed by atoms with Crippen molar-refractivity contribution in [2.75, 3.05) is 13.6 Å². The number of ketones is 1. The zero-order valence-electron chi connectivity index (χ0n) is 9.22. The second-order valence-corrected chi connectivity index (χ2v) is 4.51. The second-order valence-electron chi connectivity index (χ2n) is 3.66. The summed E-state index contributed by atoms with van der Waals surface area (Å²) in [6.45, 7) is 0.829. The highest BCUT2D eigenvalue weighted by molar-refractivity contribution is 9.10. The topological polar surface area (TPSA) is 29.1 Å². The molecule has 1 aromatic carbocycles. The van der Waals surface area contributed by atoms with Gasteiger partial charge in [0.1, 0.15) is 11.6 Å². The highest BCUT2D eigenvalue weighted by Gasteiger charge is 2.07. The molecule has 0 fully saturated rings. The van der Waals surface area contributed by atoms with Crippen LogP contribution < -0.4 is 5.32 Å². The number of hydrogen-bond acceptors (Lipinski definition) is 2. The van der Waals surface area contributed by atoms with Gasteiger partial charge in [0.15, 0.2) is 0 Å². The van der Waals surface area contributed by atoms with Crippen molar-refractivity contribution in [1.82, 2.24) is 5.32 Å².